The van der Waals surface area contributed by atoms with Crippen LogP contribution in [0.5, 0.6) is 16.7 Å². The van der Waals surface area contributed by atoms with Gasteiger partial charge in [-0.25, -0.2) is 0 Å². The van der Waals surface area contributed by atoms with Crippen molar-refractivity contribution in [2.45, 2.75) is 5.88 Å². The second-order valence-corrected chi connectivity index (χ2v) is 5.11. The van der Waals surface area contributed by atoms with Crippen LogP contribution >= 0.6 is 34.5 Å². The van der Waals surface area contributed by atoms with Crippen molar-refractivity contribution < 1.29 is 9.47 Å². The van der Waals surface area contributed by atoms with Crippen LogP contribution in [0.15, 0.2) is 18.2 Å². The molecule has 0 atom stereocenters. The standard InChI is InChI=1S/C12H8Cl2N2O2S/c1-17-8-2-7(6-15)3-9(4-8)18-12-16-11(14)10(5-13)19-12/h2-4H,5H2,1H3. The summed E-state index contributed by atoms with van der Waals surface area (Å²) in [5, 5.41) is 9.63. The molecule has 2 aromatic rings. The number of nitrogens with zero attached hydrogens (tertiary/aromatic N) is 2. The summed E-state index contributed by atoms with van der Waals surface area (Å²) in [7, 11) is 1.52. The summed E-state index contributed by atoms with van der Waals surface area (Å²) in [6.45, 7) is 0. The summed E-state index contributed by atoms with van der Waals surface area (Å²) in [6, 6.07) is 6.91. The minimum Gasteiger partial charge on any atom is -0.497 e. The Labute approximate surface area is 124 Å². The van der Waals surface area contributed by atoms with Crippen LogP contribution in [0.4, 0.5) is 0 Å². The number of hydrogen-bond acceptors (Lipinski definition) is 5. The zero-order valence-electron chi connectivity index (χ0n) is 9.81. The third kappa shape index (κ3) is 3.29. The fourth-order valence-electron chi connectivity index (χ4n) is 1.35. The van der Waals surface area contributed by atoms with Gasteiger partial charge < -0.3 is 9.47 Å². The normalized spacial score (nSPS) is 10.0. The SMILES string of the molecule is COc1cc(C#N)cc(Oc2nc(Cl)c(CCl)s2)c1. The highest BCUT2D eigenvalue weighted by Gasteiger charge is 2.11. The Kier molecular flexibility index (Phi) is 4.48. The highest BCUT2D eigenvalue weighted by molar-refractivity contribution is 7.14. The van der Waals surface area contributed by atoms with E-state index >= 15 is 0 Å². The van der Waals surface area contributed by atoms with Gasteiger partial charge in [-0.1, -0.05) is 22.9 Å². The molecule has 7 heteroatoms. The molecule has 1 aromatic carbocycles. The van der Waals surface area contributed by atoms with E-state index in [2.05, 4.69) is 4.98 Å². The third-order valence-corrected chi connectivity index (χ3v) is 3.99. The Morgan fingerprint density at radius 2 is 2.11 bits per heavy atom. The first kappa shape index (κ1) is 13.9. The Morgan fingerprint density at radius 1 is 1.37 bits per heavy atom. The number of thiazole rings is 1. The number of hydrogen-bond donors (Lipinski definition) is 0. The molecule has 0 saturated carbocycles. The molecule has 0 radical (unpaired) electrons. The molecule has 2 rings (SSSR count). The summed E-state index contributed by atoms with van der Waals surface area (Å²) in [6.07, 6.45) is 0. The zero-order valence-corrected chi connectivity index (χ0v) is 12.1. The van der Waals surface area contributed by atoms with Gasteiger partial charge in [-0.05, 0) is 12.1 Å². The topological polar surface area (TPSA) is 55.1 Å². The lowest BCUT2D eigenvalue weighted by Crippen LogP contribution is -1.88. The third-order valence-electron chi connectivity index (χ3n) is 2.20. The van der Waals surface area contributed by atoms with Gasteiger partial charge in [0.2, 0.25) is 0 Å². The van der Waals surface area contributed by atoms with Gasteiger partial charge in [0.1, 0.15) is 16.7 Å². The highest BCUT2D eigenvalue weighted by atomic mass is 35.5. The minimum absolute atomic E-state index is 0.279. The maximum absolute atomic E-state index is 8.92. The Bertz CT molecular complexity index is 637. The highest BCUT2D eigenvalue weighted by Crippen LogP contribution is 2.34. The monoisotopic (exact) mass is 314 g/mol. The number of alkyl halides is 1. The maximum atomic E-state index is 8.92. The van der Waals surface area contributed by atoms with E-state index in [0.717, 1.165) is 4.88 Å². The molecule has 0 spiro atoms. The van der Waals surface area contributed by atoms with Crippen molar-refractivity contribution in [3.8, 4) is 22.8 Å². The average Bonchev–Trinajstić information content (AvgIpc) is 2.78. The fraction of sp³-hybridized carbons (Fsp3) is 0.167. The Morgan fingerprint density at radius 3 is 2.68 bits per heavy atom. The summed E-state index contributed by atoms with van der Waals surface area (Å²) in [4.78, 5) is 4.78. The van der Waals surface area contributed by atoms with Gasteiger partial charge in [-0.3, -0.25) is 0 Å². The van der Waals surface area contributed by atoms with Gasteiger partial charge in [-0.15, -0.1) is 11.6 Å². The number of halogens is 2. The van der Waals surface area contributed by atoms with E-state index in [1.165, 1.54) is 18.4 Å². The Balaban J connectivity index is 2.29. The van der Waals surface area contributed by atoms with Crippen LogP contribution in [-0.4, -0.2) is 12.1 Å². The van der Waals surface area contributed by atoms with Crippen molar-refractivity contribution in [3.05, 3.63) is 33.8 Å². The van der Waals surface area contributed by atoms with Crippen LogP contribution in [0.25, 0.3) is 0 Å². The maximum Gasteiger partial charge on any atom is 0.280 e. The summed E-state index contributed by atoms with van der Waals surface area (Å²) in [5.74, 6) is 1.28. The number of ether oxygens (including phenoxy) is 2. The van der Waals surface area contributed by atoms with Crippen LogP contribution in [0.2, 0.25) is 5.15 Å². The van der Waals surface area contributed by atoms with E-state index < -0.39 is 0 Å². The van der Waals surface area contributed by atoms with Crippen molar-refractivity contribution in [2.75, 3.05) is 7.11 Å². The quantitative estimate of drug-likeness (QED) is 0.793. The lowest BCUT2D eigenvalue weighted by Gasteiger charge is -2.05. The van der Waals surface area contributed by atoms with E-state index in [-0.39, 0.29) is 5.88 Å². The van der Waals surface area contributed by atoms with Gasteiger partial charge in [0.05, 0.1) is 29.5 Å². The summed E-state index contributed by atoms with van der Waals surface area (Å²) in [5.41, 5.74) is 0.439. The molecule has 0 saturated heterocycles. The molecule has 0 amide bonds. The second kappa shape index (κ2) is 6.11. The molecule has 98 valence electrons. The Hall–Kier alpha value is -1.48. The number of benzene rings is 1. The lowest BCUT2D eigenvalue weighted by atomic mass is 10.2. The molecule has 0 aliphatic heterocycles. The first-order chi connectivity index (χ1) is 9.16. The second-order valence-electron chi connectivity index (χ2n) is 3.44. The average molecular weight is 315 g/mol. The number of rotatable bonds is 4. The van der Waals surface area contributed by atoms with Crippen LogP contribution in [-0.2, 0) is 5.88 Å². The van der Waals surface area contributed by atoms with Crippen molar-refractivity contribution >= 4 is 34.5 Å². The van der Waals surface area contributed by atoms with E-state index in [1.807, 2.05) is 6.07 Å². The number of aromatic nitrogens is 1. The van der Waals surface area contributed by atoms with E-state index in [9.17, 15) is 0 Å². The molecule has 0 aliphatic carbocycles. The minimum atomic E-state index is 0.279. The fourth-order valence-corrected chi connectivity index (χ4v) is 2.69. The van der Waals surface area contributed by atoms with Gasteiger partial charge in [0, 0.05) is 6.07 Å². The molecule has 1 aromatic heterocycles. The lowest BCUT2D eigenvalue weighted by molar-refractivity contribution is 0.408. The smallest absolute Gasteiger partial charge is 0.280 e. The molecule has 0 aliphatic rings. The summed E-state index contributed by atoms with van der Waals surface area (Å²) < 4.78 is 10.6. The van der Waals surface area contributed by atoms with Gasteiger partial charge >= 0.3 is 0 Å². The van der Waals surface area contributed by atoms with Crippen LogP contribution in [0, 0.1) is 11.3 Å². The molecule has 0 unspecified atom stereocenters. The number of methoxy groups -OCH3 is 1. The van der Waals surface area contributed by atoms with E-state index in [4.69, 9.17) is 37.9 Å². The largest absolute Gasteiger partial charge is 0.497 e. The predicted molar refractivity (Wildman–Crippen MR) is 74.5 cm³/mol. The summed E-state index contributed by atoms with van der Waals surface area (Å²) >= 11 is 12.9. The van der Waals surface area contributed by atoms with Crippen LogP contribution in [0.1, 0.15) is 10.4 Å². The van der Waals surface area contributed by atoms with E-state index in [0.29, 0.717) is 27.4 Å². The molecular weight excluding hydrogens is 307 g/mol. The molecule has 0 bridgehead atoms. The van der Waals surface area contributed by atoms with Crippen molar-refractivity contribution in [1.82, 2.24) is 4.98 Å². The van der Waals surface area contributed by atoms with Gasteiger partial charge in [0.15, 0.2) is 0 Å². The molecule has 4 nitrogen and oxygen atoms in total. The van der Waals surface area contributed by atoms with Crippen LogP contribution in [0.3, 0.4) is 0 Å². The van der Waals surface area contributed by atoms with Crippen molar-refractivity contribution in [1.29, 1.82) is 5.26 Å². The van der Waals surface area contributed by atoms with Gasteiger partial charge in [-0.2, -0.15) is 10.2 Å². The molecule has 1 heterocycles. The molecule has 19 heavy (non-hydrogen) atoms. The van der Waals surface area contributed by atoms with Crippen molar-refractivity contribution in [2.24, 2.45) is 0 Å². The number of nitriles is 1. The predicted octanol–water partition coefficient (Wildman–Crippen LogP) is 4.21. The van der Waals surface area contributed by atoms with Crippen LogP contribution < -0.4 is 9.47 Å². The zero-order chi connectivity index (χ0) is 13.8. The van der Waals surface area contributed by atoms with Gasteiger partial charge in [0.25, 0.3) is 5.19 Å². The first-order valence-corrected chi connectivity index (χ1v) is 6.87. The molecular formula is C12H8Cl2N2O2S. The van der Waals surface area contributed by atoms with Crippen molar-refractivity contribution in [3.63, 3.8) is 0 Å². The molecule has 0 N–H and O–H groups in total. The molecule has 0 fully saturated rings. The first-order valence-electron chi connectivity index (χ1n) is 5.14. The van der Waals surface area contributed by atoms with E-state index in [1.54, 1.807) is 18.2 Å².